The molecule has 1 N–H and O–H groups in total. The lowest BCUT2D eigenvalue weighted by Gasteiger charge is -2.27. The molecule has 0 atom stereocenters. The van der Waals surface area contributed by atoms with Gasteiger partial charge in [0, 0.05) is 54.5 Å². The number of benzene rings is 2. The van der Waals surface area contributed by atoms with E-state index in [9.17, 15) is 9.81 Å². The highest BCUT2D eigenvalue weighted by atomic mass is 32.2. The molecule has 2 aromatic carbocycles. The van der Waals surface area contributed by atoms with Gasteiger partial charge in [-0.25, -0.2) is 4.98 Å². The van der Waals surface area contributed by atoms with E-state index in [-0.39, 0.29) is 0 Å². The van der Waals surface area contributed by atoms with Crippen LogP contribution in [0, 0.1) is 11.3 Å². The number of methoxy groups -OCH3 is 1. The summed E-state index contributed by atoms with van der Waals surface area (Å²) >= 11 is 0.751. The van der Waals surface area contributed by atoms with E-state index in [4.69, 9.17) is 14.2 Å². The molecule has 0 aliphatic carbocycles. The predicted octanol–water partition coefficient (Wildman–Crippen LogP) is 4.94. The fraction of sp³-hybridized carbons (Fsp3) is 0.296. The second-order valence-electron chi connectivity index (χ2n) is 8.62. The summed E-state index contributed by atoms with van der Waals surface area (Å²) in [7, 11) is 1.59. The summed E-state index contributed by atoms with van der Waals surface area (Å²) in [6.45, 7) is 3.17. The maximum atomic E-state index is 11.5. The van der Waals surface area contributed by atoms with E-state index in [1.54, 1.807) is 19.5 Å². The molecule has 0 spiro atoms. The number of fused-ring (bicyclic) bond motifs is 1. The van der Waals surface area contributed by atoms with Crippen LogP contribution in [-0.2, 0) is 11.2 Å². The van der Waals surface area contributed by atoms with Gasteiger partial charge < -0.3 is 24.1 Å². The van der Waals surface area contributed by atoms with Gasteiger partial charge >= 0.3 is 0 Å². The second-order valence-corrected chi connectivity index (χ2v) is 11.2. The van der Waals surface area contributed by atoms with Crippen molar-refractivity contribution in [2.45, 2.75) is 6.42 Å². The summed E-state index contributed by atoms with van der Waals surface area (Å²) in [6.07, 6.45) is 4.10. The number of nitrogens with one attached hydrogen (secondary N) is 1. The second kappa shape index (κ2) is 12.3. The number of aromatic nitrogens is 2. The molecule has 0 radical (unpaired) electrons. The van der Waals surface area contributed by atoms with Crippen molar-refractivity contribution in [3.63, 3.8) is 0 Å². The SMILES string of the molecule is COc1cc2c(Nc3ccc(Oc4nccs4)cc3)c(C#N)cnc2cc1OCCCN1CC[S+]([O-])CC1. The molecule has 1 fully saturated rings. The molecule has 38 heavy (non-hydrogen) atoms. The van der Waals surface area contributed by atoms with Crippen LogP contribution in [0.1, 0.15) is 12.0 Å². The average Bonchev–Trinajstić information content (AvgIpc) is 3.46. The Morgan fingerprint density at radius 1 is 1.16 bits per heavy atom. The molecule has 0 amide bonds. The average molecular weight is 550 g/mol. The molecule has 1 aliphatic heterocycles. The van der Waals surface area contributed by atoms with Crippen LogP contribution in [0.3, 0.4) is 0 Å². The van der Waals surface area contributed by atoms with Crippen LogP contribution in [0.25, 0.3) is 10.9 Å². The highest BCUT2D eigenvalue weighted by Crippen LogP contribution is 2.37. The zero-order valence-corrected chi connectivity index (χ0v) is 22.5. The van der Waals surface area contributed by atoms with Gasteiger partial charge in [0.15, 0.2) is 11.5 Å². The molecule has 2 aromatic heterocycles. The lowest BCUT2D eigenvalue weighted by molar-refractivity contribution is 0.240. The molecule has 196 valence electrons. The highest BCUT2D eigenvalue weighted by Gasteiger charge is 2.19. The molecule has 0 saturated carbocycles. The predicted molar refractivity (Wildman–Crippen MR) is 149 cm³/mol. The topological polar surface area (TPSA) is 116 Å². The Bertz CT molecular complexity index is 1400. The number of rotatable bonds is 10. The quantitative estimate of drug-likeness (QED) is 0.217. The lowest BCUT2D eigenvalue weighted by atomic mass is 10.1. The van der Waals surface area contributed by atoms with E-state index >= 15 is 0 Å². The number of thiazole rings is 1. The smallest absolute Gasteiger partial charge is 0.278 e. The Hall–Kier alpha value is -3.56. The molecule has 3 heterocycles. The first-order valence-corrected chi connectivity index (χ1v) is 14.5. The Kier molecular flexibility index (Phi) is 8.45. The zero-order valence-electron chi connectivity index (χ0n) is 20.9. The fourth-order valence-electron chi connectivity index (χ4n) is 4.17. The molecule has 0 bridgehead atoms. The van der Waals surface area contributed by atoms with E-state index in [1.807, 2.05) is 41.8 Å². The molecule has 11 heteroatoms. The van der Waals surface area contributed by atoms with Crippen molar-refractivity contribution in [1.82, 2.24) is 14.9 Å². The van der Waals surface area contributed by atoms with E-state index in [0.717, 1.165) is 48.6 Å². The standard InChI is InChI=1S/C27H27N5O4S2/c1-34-24-15-22-23(16-25(24)35-11-2-8-32-9-13-38(33)14-10-32)30-18-19(17-28)26(22)31-20-3-5-21(6-4-20)36-27-29-7-12-37-27/h3-7,12,15-16,18H,2,8-11,13-14H2,1H3,(H,30,31). The lowest BCUT2D eigenvalue weighted by Crippen LogP contribution is -2.40. The molecular formula is C27H27N5O4S2. The molecule has 9 nitrogen and oxygen atoms in total. The van der Waals surface area contributed by atoms with Gasteiger partial charge in [-0.15, -0.1) is 0 Å². The molecule has 1 saturated heterocycles. The number of ether oxygens (including phenoxy) is 3. The maximum absolute atomic E-state index is 11.5. The molecule has 5 rings (SSSR count). The maximum Gasteiger partial charge on any atom is 0.278 e. The third-order valence-electron chi connectivity index (χ3n) is 6.16. The molecule has 4 aromatic rings. The third kappa shape index (κ3) is 6.28. The van der Waals surface area contributed by atoms with Gasteiger partial charge in [-0.1, -0.05) is 22.5 Å². The van der Waals surface area contributed by atoms with Gasteiger partial charge in [0.2, 0.25) is 0 Å². The first-order valence-electron chi connectivity index (χ1n) is 12.2. The summed E-state index contributed by atoms with van der Waals surface area (Å²) in [5, 5.41) is 16.3. The third-order valence-corrected chi connectivity index (χ3v) is 8.08. The van der Waals surface area contributed by atoms with Crippen molar-refractivity contribution in [1.29, 1.82) is 5.26 Å². The first-order chi connectivity index (χ1) is 18.6. The summed E-state index contributed by atoms with van der Waals surface area (Å²) in [5.74, 6) is 3.33. The zero-order chi connectivity index (χ0) is 26.3. The minimum absolute atomic E-state index is 0.416. The van der Waals surface area contributed by atoms with Gasteiger partial charge in [-0.05, 0) is 36.8 Å². The van der Waals surface area contributed by atoms with Crippen LogP contribution in [0.2, 0.25) is 0 Å². The summed E-state index contributed by atoms with van der Waals surface area (Å²) in [4.78, 5) is 10.9. The van der Waals surface area contributed by atoms with Crippen LogP contribution in [0.15, 0.2) is 54.2 Å². The first kappa shape index (κ1) is 26.1. The van der Waals surface area contributed by atoms with Gasteiger partial charge in [0.25, 0.3) is 5.19 Å². The number of nitrogens with zero attached hydrogens (tertiary/aromatic N) is 4. The molecule has 0 unspecified atom stereocenters. The fourth-order valence-corrected chi connectivity index (χ4v) is 5.81. The number of pyridine rings is 1. The van der Waals surface area contributed by atoms with Crippen molar-refractivity contribution >= 4 is 44.8 Å². The van der Waals surface area contributed by atoms with Gasteiger partial charge in [-0.2, -0.15) is 5.26 Å². The molecular weight excluding hydrogens is 522 g/mol. The largest absolute Gasteiger partial charge is 0.616 e. The Labute approximate surface area is 228 Å². The number of anilines is 2. The van der Waals surface area contributed by atoms with Crippen molar-refractivity contribution < 1.29 is 18.8 Å². The summed E-state index contributed by atoms with van der Waals surface area (Å²) in [5.41, 5.74) is 2.53. The Morgan fingerprint density at radius 3 is 2.68 bits per heavy atom. The highest BCUT2D eigenvalue weighted by molar-refractivity contribution is 7.91. The Balaban J connectivity index is 1.31. The number of hydrogen-bond donors (Lipinski definition) is 1. The van der Waals surface area contributed by atoms with Gasteiger partial charge in [-0.3, -0.25) is 9.88 Å². The van der Waals surface area contributed by atoms with E-state index in [1.165, 1.54) is 11.3 Å². The van der Waals surface area contributed by atoms with Crippen molar-refractivity contribution in [3.8, 4) is 28.5 Å². The van der Waals surface area contributed by atoms with E-state index in [0.29, 0.717) is 45.8 Å². The minimum Gasteiger partial charge on any atom is -0.616 e. The van der Waals surface area contributed by atoms with Crippen molar-refractivity contribution in [3.05, 3.63) is 59.7 Å². The number of nitriles is 1. The number of hydrogen-bond acceptors (Lipinski definition) is 10. The normalized spacial score (nSPS) is 14.2. The van der Waals surface area contributed by atoms with E-state index < -0.39 is 11.2 Å². The van der Waals surface area contributed by atoms with Crippen LogP contribution < -0.4 is 19.5 Å². The monoisotopic (exact) mass is 549 g/mol. The van der Waals surface area contributed by atoms with Gasteiger partial charge in [0.05, 0.1) is 30.5 Å². The van der Waals surface area contributed by atoms with Gasteiger partial charge in [0.1, 0.15) is 23.3 Å². The van der Waals surface area contributed by atoms with Crippen molar-refractivity contribution in [2.24, 2.45) is 0 Å². The van der Waals surface area contributed by atoms with Crippen molar-refractivity contribution in [2.75, 3.05) is 50.2 Å². The van der Waals surface area contributed by atoms with Crippen LogP contribution in [-0.4, -0.2) is 64.3 Å². The van der Waals surface area contributed by atoms with Crippen LogP contribution in [0.4, 0.5) is 11.4 Å². The Morgan fingerprint density at radius 2 is 1.97 bits per heavy atom. The summed E-state index contributed by atoms with van der Waals surface area (Å²) in [6, 6.07) is 13.4. The van der Waals surface area contributed by atoms with E-state index in [2.05, 4.69) is 26.3 Å². The van der Waals surface area contributed by atoms with Crippen LogP contribution >= 0.6 is 11.3 Å². The minimum atomic E-state index is -0.670. The summed E-state index contributed by atoms with van der Waals surface area (Å²) < 4.78 is 29.0. The van der Waals surface area contributed by atoms with Crippen LogP contribution in [0.5, 0.6) is 22.4 Å². The molecule has 1 aliphatic rings.